The van der Waals surface area contributed by atoms with Crippen molar-refractivity contribution in [1.29, 1.82) is 0 Å². The van der Waals surface area contributed by atoms with E-state index in [1.54, 1.807) is 5.57 Å². The SMILES string of the molecule is CC1=CC[C@]23C[C@@H]1C[C@@H]2CC[C@H]1C(C)(C)CCC[C@@]13C. The minimum absolute atomic E-state index is 0.584. The minimum Gasteiger partial charge on any atom is -0.0847 e. The van der Waals surface area contributed by atoms with Gasteiger partial charge in [-0.25, -0.2) is 0 Å². The summed E-state index contributed by atoms with van der Waals surface area (Å²) in [6, 6.07) is 0. The van der Waals surface area contributed by atoms with Crippen LogP contribution in [0.25, 0.3) is 0 Å². The van der Waals surface area contributed by atoms with Crippen molar-refractivity contribution in [2.45, 2.75) is 79.1 Å². The van der Waals surface area contributed by atoms with Crippen LogP contribution < -0.4 is 0 Å². The van der Waals surface area contributed by atoms with Gasteiger partial charge in [0.1, 0.15) is 0 Å². The van der Waals surface area contributed by atoms with Crippen LogP contribution in [0.15, 0.2) is 11.6 Å². The third-order valence-corrected chi connectivity index (χ3v) is 8.56. The minimum atomic E-state index is 0.584. The second-order valence-corrected chi connectivity index (χ2v) is 9.53. The molecule has 1 spiro atoms. The van der Waals surface area contributed by atoms with Gasteiger partial charge in [0.2, 0.25) is 0 Å². The standard InChI is InChI=1S/C20H32/c1-14-8-11-20-13-15(14)12-16(20)6-7-17-18(2,3)9-5-10-19(17,20)4/h8,15-17H,5-7,9-13H2,1-4H3/t15-,16-,17-,19-,20-/m0/s1. The van der Waals surface area contributed by atoms with Crippen molar-refractivity contribution in [3.05, 3.63) is 11.6 Å². The monoisotopic (exact) mass is 272 g/mol. The zero-order valence-corrected chi connectivity index (χ0v) is 14.0. The van der Waals surface area contributed by atoms with Gasteiger partial charge >= 0.3 is 0 Å². The highest BCUT2D eigenvalue weighted by Gasteiger charge is 2.65. The molecule has 5 atom stereocenters. The molecule has 0 unspecified atom stereocenters. The van der Waals surface area contributed by atoms with Crippen molar-refractivity contribution in [1.82, 2.24) is 0 Å². The van der Waals surface area contributed by atoms with E-state index in [2.05, 4.69) is 33.8 Å². The molecule has 0 N–H and O–H groups in total. The van der Waals surface area contributed by atoms with E-state index in [1.807, 2.05) is 0 Å². The van der Waals surface area contributed by atoms with Crippen LogP contribution in [0.4, 0.5) is 0 Å². The first-order chi connectivity index (χ1) is 9.39. The summed E-state index contributed by atoms with van der Waals surface area (Å²) < 4.78 is 0. The Morgan fingerprint density at radius 2 is 1.90 bits per heavy atom. The Bertz CT molecular complexity index is 457. The van der Waals surface area contributed by atoms with Crippen molar-refractivity contribution in [3.8, 4) is 0 Å². The molecular formula is C20H32. The van der Waals surface area contributed by atoms with Crippen LogP contribution in [-0.4, -0.2) is 0 Å². The fourth-order valence-electron chi connectivity index (χ4n) is 7.49. The van der Waals surface area contributed by atoms with Crippen LogP contribution in [-0.2, 0) is 0 Å². The van der Waals surface area contributed by atoms with Crippen LogP contribution in [0.3, 0.4) is 0 Å². The summed E-state index contributed by atoms with van der Waals surface area (Å²) >= 11 is 0. The quantitative estimate of drug-likeness (QED) is 0.476. The first-order valence-corrected chi connectivity index (χ1v) is 9.06. The molecule has 0 amide bonds. The molecule has 0 nitrogen and oxygen atoms in total. The predicted molar refractivity (Wildman–Crippen MR) is 85.5 cm³/mol. The fraction of sp³-hybridized carbons (Fsp3) is 0.900. The maximum atomic E-state index is 2.71. The average molecular weight is 272 g/mol. The smallest absolute Gasteiger partial charge is 0.0172 e. The third kappa shape index (κ3) is 1.44. The highest BCUT2D eigenvalue weighted by Crippen LogP contribution is 2.73. The van der Waals surface area contributed by atoms with Crippen LogP contribution >= 0.6 is 0 Å². The Kier molecular flexibility index (Phi) is 2.63. The zero-order chi connectivity index (χ0) is 14.2. The first-order valence-electron chi connectivity index (χ1n) is 9.06. The van der Waals surface area contributed by atoms with E-state index in [1.165, 1.54) is 51.4 Å². The molecule has 4 aliphatic carbocycles. The van der Waals surface area contributed by atoms with Crippen molar-refractivity contribution >= 4 is 0 Å². The molecule has 0 heteroatoms. The number of hydrogen-bond donors (Lipinski definition) is 0. The fourth-order valence-corrected chi connectivity index (χ4v) is 7.49. The molecule has 3 saturated carbocycles. The van der Waals surface area contributed by atoms with Crippen molar-refractivity contribution in [2.75, 3.05) is 0 Å². The molecule has 3 fully saturated rings. The van der Waals surface area contributed by atoms with Crippen LogP contribution in [0, 0.1) is 34.0 Å². The lowest BCUT2D eigenvalue weighted by Gasteiger charge is -2.64. The van der Waals surface area contributed by atoms with Gasteiger partial charge in [0.05, 0.1) is 0 Å². The van der Waals surface area contributed by atoms with Crippen molar-refractivity contribution < 1.29 is 0 Å². The summed E-state index contributed by atoms with van der Waals surface area (Å²) in [5, 5.41) is 0. The Labute approximate surface area is 125 Å². The largest absolute Gasteiger partial charge is 0.0847 e. The molecule has 4 rings (SSSR count). The maximum absolute atomic E-state index is 2.71. The summed E-state index contributed by atoms with van der Waals surface area (Å²) in [6.45, 7) is 10.3. The number of fused-ring (bicyclic) bond motifs is 2. The van der Waals surface area contributed by atoms with Gasteiger partial charge in [-0.15, -0.1) is 0 Å². The predicted octanol–water partition coefficient (Wildman–Crippen LogP) is 5.98. The van der Waals surface area contributed by atoms with Crippen molar-refractivity contribution in [3.63, 3.8) is 0 Å². The van der Waals surface area contributed by atoms with E-state index in [-0.39, 0.29) is 0 Å². The molecular weight excluding hydrogens is 240 g/mol. The Balaban J connectivity index is 1.80. The normalized spacial score (nSPS) is 53.0. The molecule has 0 saturated heterocycles. The highest BCUT2D eigenvalue weighted by molar-refractivity contribution is 5.24. The van der Waals surface area contributed by atoms with Gasteiger partial charge < -0.3 is 0 Å². The van der Waals surface area contributed by atoms with E-state index in [0.717, 1.165) is 17.8 Å². The van der Waals surface area contributed by atoms with E-state index >= 15 is 0 Å². The summed E-state index contributed by atoms with van der Waals surface area (Å²) in [7, 11) is 0. The maximum Gasteiger partial charge on any atom is -0.0172 e. The second kappa shape index (κ2) is 3.93. The first kappa shape index (κ1) is 13.4. The molecule has 112 valence electrons. The van der Waals surface area contributed by atoms with Gasteiger partial charge in [-0.2, -0.15) is 0 Å². The summed E-state index contributed by atoms with van der Waals surface area (Å²) in [4.78, 5) is 0. The number of hydrogen-bond acceptors (Lipinski definition) is 0. The summed E-state index contributed by atoms with van der Waals surface area (Å²) in [6.07, 6.45) is 14.6. The molecule has 0 aromatic rings. The van der Waals surface area contributed by atoms with Gasteiger partial charge in [-0.1, -0.05) is 38.8 Å². The Morgan fingerprint density at radius 1 is 1.10 bits per heavy atom. The summed E-state index contributed by atoms with van der Waals surface area (Å²) in [5.74, 6) is 2.95. The lowest BCUT2D eigenvalue weighted by atomic mass is 9.40. The van der Waals surface area contributed by atoms with E-state index in [0.29, 0.717) is 16.2 Å². The number of rotatable bonds is 0. The molecule has 0 aliphatic heterocycles. The molecule has 20 heavy (non-hydrogen) atoms. The average Bonchev–Trinajstić information content (AvgIpc) is 2.70. The third-order valence-electron chi connectivity index (χ3n) is 8.56. The van der Waals surface area contributed by atoms with E-state index in [9.17, 15) is 0 Å². The van der Waals surface area contributed by atoms with Gasteiger partial charge in [-0.3, -0.25) is 0 Å². The van der Waals surface area contributed by atoms with E-state index < -0.39 is 0 Å². The van der Waals surface area contributed by atoms with Gasteiger partial charge in [0.25, 0.3) is 0 Å². The van der Waals surface area contributed by atoms with Crippen LogP contribution in [0.5, 0.6) is 0 Å². The molecule has 0 aromatic heterocycles. The van der Waals surface area contributed by atoms with Gasteiger partial charge in [0.15, 0.2) is 0 Å². The highest BCUT2D eigenvalue weighted by atomic mass is 14.7. The second-order valence-electron chi connectivity index (χ2n) is 9.53. The lowest BCUT2D eigenvalue weighted by molar-refractivity contribution is -0.149. The number of allylic oxidation sites excluding steroid dienone is 2. The van der Waals surface area contributed by atoms with Gasteiger partial charge in [0, 0.05) is 0 Å². The Morgan fingerprint density at radius 3 is 2.70 bits per heavy atom. The topological polar surface area (TPSA) is 0 Å². The molecule has 0 aromatic carbocycles. The van der Waals surface area contributed by atoms with Gasteiger partial charge in [-0.05, 0) is 85.9 Å². The van der Waals surface area contributed by atoms with Crippen LogP contribution in [0.1, 0.15) is 79.1 Å². The zero-order valence-electron chi connectivity index (χ0n) is 14.0. The van der Waals surface area contributed by atoms with E-state index in [4.69, 9.17) is 0 Å². The molecule has 0 radical (unpaired) electrons. The van der Waals surface area contributed by atoms with Crippen molar-refractivity contribution in [2.24, 2.45) is 34.0 Å². The van der Waals surface area contributed by atoms with Crippen LogP contribution in [0.2, 0.25) is 0 Å². The molecule has 4 aliphatic rings. The summed E-state index contributed by atoms with van der Waals surface area (Å²) in [5.41, 5.74) is 3.61. The lowest BCUT2D eigenvalue weighted by Crippen LogP contribution is -2.56. The Hall–Kier alpha value is -0.260. The molecule has 2 bridgehead atoms. The molecule has 0 heterocycles.